The van der Waals surface area contributed by atoms with Gasteiger partial charge in [0.1, 0.15) is 5.75 Å². The Labute approximate surface area is 94.6 Å². The topological polar surface area (TPSA) is 45.0 Å². The van der Waals surface area contributed by atoms with Crippen LogP contribution in [-0.4, -0.2) is 13.7 Å². The van der Waals surface area contributed by atoms with Gasteiger partial charge in [-0.05, 0) is 18.6 Å². The summed E-state index contributed by atoms with van der Waals surface area (Å²) in [5, 5.41) is 12.2. The molecule has 80 valence electrons. The van der Waals surface area contributed by atoms with Gasteiger partial charge in [-0.15, -0.1) is 0 Å². The number of halogens is 1. The molecule has 0 unspecified atom stereocenters. The van der Waals surface area contributed by atoms with Crippen LogP contribution in [0.25, 0.3) is 0 Å². The molecule has 0 aliphatic rings. The number of nitriles is 1. The molecule has 1 N–H and O–H groups in total. The van der Waals surface area contributed by atoms with E-state index < -0.39 is 0 Å². The molecular weight excluding hydrogens is 212 g/mol. The van der Waals surface area contributed by atoms with Crippen molar-refractivity contribution in [2.75, 3.05) is 19.0 Å². The summed E-state index contributed by atoms with van der Waals surface area (Å²) in [6.07, 6.45) is 1.37. The second-order valence-corrected chi connectivity index (χ2v) is 3.44. The van der Waals surface area contributed by atoms with E-state index in [-0.39, 0.29) is 0 Å². The number of methoxy groups -OCH3 is 1. The molecule has 0 fully saturated rings. The molecular formula is C11H13ClN2O. The molecule has 0 aliphatic heterocycles. The number of hydrogen-bond acceptors (Lipinski definition) is 3. The van der Waals surface area contributed by atoms with Crippen molar-refractivity contribution in [1.82, 2.24) is 0 Å². The van der Waals surface area contributed by atoms with Crippen LogP contribution in [0.15, 0.2) is 18.2 Å². The summed E-state index contributed by atoms with van der Waals surface area (Å²) in [5.41, 5.74) is 0.871. The third-order valence-electron chi connectivity index (χ3n) is 1.96. The first-order valence-corrected chi connectivity index (χ1v) is 5.10. The normalized spacial score (nSPS) is 9.40. The molecule has 0 radical (unpaired) electrons. The van der Waals surface area contributed by atoms with Crippen LogP contribution in [0.3, 0.4) is 0 Å². The standard InChI is InChI=1S/C11H13ClN2O/c1-15-9-4-5-11(10(12)8-9)14-7-3-2-6-13/h4-5,8,14H,2-3,7H2,1H3. The van der Waals surface area contributed by atoms with Gasteiger partial charge >= 0.3 is 0 Å². The van der Waals surface area contributed by atoms with Crippen LogP contribution in [0.1, 0.15) is 12.8 Å². The summed E-state index contributed by atoms with van der Waals surface area (Å²) in [7, 11) is 1.60. The van der Waals surface area contributed by atoms with Gasteiger partial charge in [-0.3, -0.25) is 0 Å². The van der Waals surface area contributed by atoms with Gasteiger partial charge < -0.3 is 10.1 Å². The molecule has 1 aromatic carbocycles. The average molecular weight is 225 g/mol. The smallest absolute Gasteiger partial charge is 0.120 e. The van der Waals surface area contributed by atoms with Crippen LogP contribution in [0.5, 0.6) is 5.75 Å². The maximum absolute atomic E-state index is 8.37. The highest BCUT2D eigenvalue weighted by atomic mass is 35.5. The Balaban J connectivity index is 2.51. The van der Waals surface area contributed by atoms with Crippen molar-refractivity contribution in [3.8, 4) is 11.8 Å². The lowest BCUT2D eigenvalue weighted by atomic mass is 10.2. The lowest BCUT2D eigenvalue weighted by Crippen LogP contribution is -2.01. The zero-order chi connectivity index (χ0) is 11.1. The summed E-state index contributed by atoms with van der Waals surface area (Å²) < 4.78 is 5.04. The van der Waals surface area contributed by atoms with Crippen LogP contribution in [0, 0.1) is 11.3 Å². The lowest BCUT2D eigenvalue weighted by Gasteiger charge is -2.08. The Morgan fingerprint density at radius 2 is 2.33 bits per heavy atom. The van der Waals surface area contributed by atoms with Gasteiger partial charge in [-0.2, -0.15) is 5.26 Å². The molecule has 3 nitrogen and oxygen atoms in total. The summed E-state index contributed by atoms with van der Waals surface area (Å²) >= 11 is 6.01. The number of unbranched alkanes of at least 4 members (excludes halogenated alkanes) is 1. The minimum absolute atomic E-state index is 0.556. The Morgan fingerprint density at radius 1 is 1.53 bits per heavy atom. The summed E-state index contributed by atoms with van der Waals surface area (Å²) in [4.78, 5) is 0. The van der Waals surface area contributed by atoms with E-state index in [4.69, 9.17) is 21.6 Å². The Hall–Kier alpha value is -1.40. The number of ether oxygens (including phenoxy) is 1. The predicted molar refractivity (Wildman–Crippen MR) is 61.3 cm³/mol. The van der Waals surface area contributed by atoms with Crippen molar-refractivity contribution >= 4 is 17.3 Å². The SMILES string of the molecule is COc1ccc(NCCCC#N)c(Cl)c1. The molecule has 1 rings (SSSR count). The summed E-state index contributed by atoms with van der Waals surface area (Å²) in [6, 6.07) is 7.57. The number of hydrogen-bond donors (Lipinski definition) is 1. The minimum Gasteiger partial charge on any atom is -0.497 e. The van der Waals surface area contributed by atoms with Crippen molar-refractivity contribution in [3.05, 3.63) is 23.2 Å². The number of rotatable bonds is 5. The van der Waals surface area contributed by atoms with E-state index in [1.165, 1.54) is 0 Å². The van der Waals surface area contributed by atoms with E-state index in [9.17, 15) is 0 Å². The van der Waals surface area contributed by atoms with Gasteiger partial charge in [-0.25, -0.2) is 0 Å². The van der Waals surface area contributed by atoms with E-state index in [1.54, 1.807) is 13.2 Å². The van der Waals surface area contributed by atoms with Gasteiger partial charge in [0.05, 0.1) is 23.9 Å². The lowest BCUT2D eigenvalue weighted by molar-refractivity contribution is 0.415. The third-order valence-corrected chi connectivity index (χ3v) is 2.27. The van der Waals surface area contributed by atoms with Crippen molar-refractivity contribution in [2.24, 2.45) is 0 Å². The van der Waals surface area contributed by atoms with Crippen LogP contribution in [0.4, 0.5) is 5.69 Å². The van der Waals surface area contributed by atoms with Crippen molar-refractivity contribution in [1.29, 1.82) is 5.26 Å². The number of nitrogens with one attached hydrogen (secondary N) is 1. The summed E-state index contributed by atoms with van der Waals surface area (Å²) in [6.45, 7) is 0.750. The quantitative estimate of drug-likeness (QED) is 0.782. The van der Waals surface area contributed by atoms with Crippen molar-refractivity contribution < 1.29 is 4.74 Å². The second-order valence-electron chi connectivity index (χ2n) is 3.03. The van der Waals surface area contributed by atoms with E-state index >= 15 is 0 Å². The molecule has 0 aliphatic carbocycles. The fourth-order valence-electron chi connectivity index (χ4n) is 1.16. The largest absolute Gasteiger partial charge is 0.497 e. The van der Waals surface area contributed by atoms with E-state index in [2.05, 4.69) is 11.4 Å². The maximum Gasteiger partial charge on any atom is 0.120 e. The van der Waals surface area contributed by atoms with Crippen LogP contribution < -0.4 is 10.1 Å². The van der Waals surface area contributed by atoms with Gasteiger partial charge in [0, 0.05) is 19.0 Å². The molecule has 0 saturated carbocycles. The Kier molecular flexibility index (Phi) is 4.79. The monoisotopic (exact) mass is 224 g/mol. The molecule has 0 amide bonds. The van der Waals surface area contributed by atoms with Gasteiger partial charge in [0.2, 0.25) is 0 Å². The number of benzene rings is 1. The molecule has 0 bridgehead atoms. The molecule has 1 aromatic rings. The van der Waals surface area contributed by atoms with Gasteiger partial charge in [-0.1, -0.05) is 11.6 Å². The Morgan fingerprint density at radius 3 is 2.93 bits per heavy atom. The molecule has 4 heteroatoms. The highest BCUT2D eigenvalue weighted by molar-refractivity contribution is 6.33. The molecule has 0 aromatic heterocycles. The highest BCUT2D eigenvalue weighted by Gasteiger charge is 2.00. The number of anilines is 1. The summed E-state index contributed by atoms with van der Waals surface area (Å²) in [5.74, 6) is 0.738. The molecule has 15 heavy (non-hydrogen) atoms. The zero-order valence-electron chi connectivity index (χ0n) is 8.59. The van der Waals surface area contributed by atoms with Gasteiger partial charge in [0.25, 0.3) is 0 Å². The van der Waals surface area contributed by atoms with Crippen LogP contribution in [-0.2, 0) is 0 Å². The average Bonchev–Trinajstić information content (AvgIpc) is 2.26. The van der Waals surface area contributed by atoms with Crippen molar-refractivity contribution in [3.63, 3.8) is 0 Å². The first kappa shape index (κ1) is 11.7. The fraction of sp³-hybridized carbons (Fsp3) is 0.364. The van der Waals surface area contributed by atoms with E-state index in [0.717, 1.165) is 24.4 Å². The zero-order valence-corrected chi connectivity index (χ0v) is 9.34. The highest BCUT2D eigenvalue weighted by Crippen LogP contribution is 2.26. The first-order chi connectivity index (χ1) is 7.27. The molecule has 0 saturated heterocycles. The van der Waals surface area contributed by atoms with Crippen LogP contribution in [0.2, 0.25) is 5.02 Å². The fourth-order valence-corrected chi connectivity index (χ4v) is 1.39. The maximum atomic E-state index is 8.37. The second kappa shape index (κ2) is 6.15. The minimum atomic E-state index is 0.556. The van der Waals surface area contributed by atoms with Crippen LogP contribution >= 0.6 is 11.6 Å². The van der Waals surface area contributed by atoms with Crippen molar-refractivity contribution in [2.45, 2.75) is 12.8 Å². The third kappa shape index (κ3) is 3.69. The molecule has 0 heterocycles. The predicted octanol–water partition coefficient (Wildman–Crippen LogP) is 3.06. The number of nitrogens with zero attached hydrogens (tertiary/aromatic N) is 1. The molecule has 0 spiro atoms. The molecule has 0 atom stereocenters. The first-order valence-electron chi connectivity index (χ1n) is 4.72. The van der Waals surface area contributed by atoms with Gasteiger partial charge in [0.15, 0.2) is 0 Å². The Bertz CT molecular complexity index is 360. The van der Waals surface area contributed by atoms with E-state index in [0.29, 0.717) is 11.4 Å². The van der Waals surface area contributed by atoms with E-state index in [1.807, 2.05) is 12.1 Å².